The Kier molecular flexibility index (Phi) is 6.65. The summed E-state index contributed by atoms with van der Waals surface area (Å²) in [7, 11) is 1.88. The number of nitrogens with two attached hydrogens (primary N) is 1. The Morgan fingerprint density at radius 1 is 1.33 bits per heavy atom. The van der Waals surface area contributed by atoms with E-state index in [1.165, 1.54) is 5.56 Å². The lowest BCUT2D eigenvalue weighted by Gasteiger charge is -2.16. The molecule has 1 rings (SSSR count). The standard InChI is InChI=1S/C14H22N2OS/c1-3-4-9-16(2)14(17)11-18-10-12-5-7-13(15)8-6-12/h5-8H,3-4,9-11,15H2,1-2H3. The van der Waals surface area contributed by atoms with Gasteiger partial charge in [-0.05, 0) is 24.1 Å². The first-order chi connectivity index (χ1) is 8.63. The zero-order chi connectivity index (χ0) is 13.4. The first kappa shape index (κ1) is 14.9. The van der Waals surface area contributed by atoms with Crippen molar-refractivity contribution in [3.8, 4) is 0 Å². The second-order valence-electron chi connectivity index (χ2n) is 4.40. The highest BCUT2D eigenvalue weighted by Crippen LogP contribution is 2.14. The first-order valence-corrected chi connectivity index (χ1v) is 7.45. The Bertz CT molecular complexity index is 365. The van der Waals surface area contributed by atoms with Crippen LogP contribution in [0.15, 0.2) is 24.3 Å². The average Bonchev–Trinajstić information content (AvgIpc) is 2.38. The number of hydrogen-bond acceptors (Lipinski definition) is 3. The summed E-state index contributed by atoms with van der Waals surface area (Å²) in [6, 6.07) is 7.80. The maximum absolute atomic E-state index is 11.8. The van der Waals surface area contributed by atoms with Crippen LogP contribution in [0.25, 0.3) is 0 Å². The molecule has 1 amide bonds. The number of benzene rings is 1. The van der Waals surface area contributed by atoms with Crippen LogP contribution in [-0.4, -0.2) is 30.2 Å². The van der Waals surface area contributed by atoms with E-state index in [1.807, 2.05) is 36.2 Å². The Hall–Kier alpha value is -1.16. The summed E-state index contributed by atoms with van der Waals surface area (Å²) in [6.07, 6.45) is 2.20. The molecule has 18 heavy (non-hydrogen) atoms. The lowest BCUT2D eigenvalue weighted by Crippen LogP contribution is -2.29. The number of carbonyl (C=O) groups is 1. The highest BCUT2D eigenvalue weighted by atomic mass is 32.2. The number of carbonyl (C=O) groups excluding carboxylic acids is 1. The van der Waals surface area contributed by atoms with Gasteiger partial charge in [0.1, 0.15) is 0 Å². The lowest BCUT2D eigenvalue weighted by molar-refractivity contribution is -0.127. The molecule has 0 heterocycles. The van der Waals surface area contributed by atoms with Crippen LogP contribution < -0.4 is 5.73 Å². The largest absolute Gasteiger partial charge is 0.399 e. The minimum Gasteiger partial charge on any atom is -0.399 e. The molecule has 3 nitrogen and oxygen atoms in total. The minimum atomic E-state index is 0.212. The van der Waals surface area contributed by atoms with Gasteiger partial charge in [0, 0.05) is 25.0 Å². The fourth-order valence-corrected chi connectivity index (χ4v) is 2.43. The van der Waals surface area contributed by atoms with Gasteiger partial charge < -0.3 is 10.6 Å². The quantitative estimate of drug-likeness (QED) is 0.772. The van der Waals surface area contributed by atoms with Crippen LogP contribution in [0.4, 0.5) is 5.69 Å². The molecule has 0 bridgehead atoms. The van der Waals surface area contributed by atoms with Crippen LogP contribution in [0.2, 0.25) is 0 Å². The Labute approximate surface area is 114 Å². The molecule has 0 aliphatic rings. The molecule has 0 aliphatic carbocycles. The van der Waals surface area contributed by atoms with E-state index in [9.17, 15) is 4.79 Å². The predicted molar refractivity (Wildman–Crippen MR) is 79.6 cm³/mol. The number of nitrogen functional groups attached to an aromatic ring is 1. The van der Waals surface area contributed by atoms with Gasteiger partial charge in [-0.1, -0.05) is 25.5 Å². The molecule has 0 saturated carbocycles. The second-order valence-corrected chi connectivity index (χ2v) is 5.39. The molecule has 0 fully saturated rings. The second kappa shape index (κ2) is 8.03. The molecule has 0 unspecified atom stereocenters. The predicted octanol–water partition coefficient (Wildman–Crippen LogP) is 2.76. The van der Waals surface area contributed by atoms with Crippen molar-refractivity contribution in [2.75, 3.05) is 25.1 Å². The van der Waals surface area contributed by atoms with Crippen LogP contribution >= 0.6 is 11.8 Å². The molecule has 0 aliphatic heterocycles. The Balaban J connectivity index is 2.24. The summed E-state index contributed by atoms with van der Waals surface area (Å²) in [5.41, 5.74) is 7.61. The molecular formula is C14H22N2OS. The summed E-state index contributed by atoms with van der Waals surface area (Å²) in [5.74, 6) is 1.61. The lowest BCUT2D eigenvalue weighted by atomic mass is 10.2. The van der Waals surface area contributed by atoms with Crippen molar-refractivity contribution < 1.29 is 4.79 Å². The third-order valence-corrected chi connectivity index (χ3v) is 3.74. The number of rotatable bonds is 7. The van der Waals surface area contributed by atoms with Crippen molar-refractivity contribution in [1.82, 2.24) is 4.90 Å². The highest BCUT2D eigenvalue weighted by Gasteiger charge is 2.07. The molecule has 1 aromatic rings. The van der Waals surface area contributed by atoms with E-state index in [0.717, 1.165) is 30.8 Å². The summed E-state index contributed by atoms with van der Waals surface area (Å²) in [5, 5.41) is 0. The Morgan fingerprint density at radius 3 is 2.61 bits per heavy atom. The molecule has 4 heteroatoms. The van der Waals surface area contributed by atoms with Gasteiger partial charge in [0.15, 0.2) is 0 Å². The molecule has 2 N–H and O–H groups in total. The summed E-state index contributed by atoms with van der Waals surface area (Å²) < 4.78 is 0. The summed E-state index contributed by atoms with van der Waals surface area (Å²) in [6.45, 7) is 2.99. The molecule has 0 saturated heterocycles. The first-order valence-electron chi connectivity index (χ1n) is 6.29. The van der Waals surface area contributed by atoms with Crippen LogP contribution in [0.1, 0.15) is 25.3 Å². The molecule has 0 aromatic heterocycles. The van der Waals surface area contributed by atoms with Crippen molar-refractivity contribution in [2.45, 2.75) is 25.5 Å². The summed E-state index contributed by atoms with van der Waals surface area (Å²) >= 11 is 1.65. The number of unbranched alkanes of at least 4 members (excludes halogenated alkanes) is 1. The average molecular weight is 266 g/mol. The maximum Gasteiger partial charge on any atom is 0.232 e. The van der Waals surface area contributed by atoms with Gasteiger partial charge in [-0.15, -0.1) is 11.8 Å². The SMILES string of the molecule is CCCCN(C)C(=O)CSCc1ccc(N)cc1. The third kappa shape index (κ3) is 5.45. The van der Waals surface area contributed by atoms with Crippen molar-refractivity contribution in [3.05, 3.63) is 29.8 Å². The molecule has 100 valence electrons. The topological polar surface area (TPSA) is 46.3 Å². The van der Waals surface area contributed by atoms with E-state index in [-0.39, 0.29) is 5.91 Å². The zero-order valence-corrected chi connectivity index (χ0v) is 12.0. The molecule has 1 aromatic carbocycles. The highest BCUT2D eigenvalue weighted by molar-refractivity contribution is 7.99. The van der Waals surface area contributed by atoms with E-state index in [1.54, 1.807) is 11.8 Å². The monoisotopic (exact) mass is 266 g/mol. The van der Waals surface area contributed by atoms with Gasteiger partial charge in [-0.2, -0.15) is 0 Å². The van der Waals surface area contributed by atoms with Crippen molar-refractivity contribution in [3.63, 3.8) is 0 Å². The van der Waals surface area contributed by atoms with Gasteiger partial charge in [-0.25, -0.2) is 0 Å². The van der Waals surface area contributed by atoms with Gasteiger partial charge in [0.25, 0.3) is 0 Å². The van der Waals surface area contributed by atoms with Crippen LogP contribution in [-0.2, 0) is 10.5 Å². The van der Waals surface area contributed by atoms with Crippen LogP contribution in [0, 0.1) is 0 Å². The van der Waals surface area contributed by atoms with Crippen LogP contribution in [0.5, 0.6) is 0 Å². The minimum absolute atomic E-state index is 0.212. The third-order valence-electron chi connectivity index (χ3n) is 2.75. The Morgan fingerprint density at radius 2 is 2.00 bits per heavy atom. The fraction of sp³-hybridized carbons (Fsp3) is 0.500. The molecule has 0 atom stereocenters. The number of nitrogens with zero attached hydrogens (tertiary/aromatic N) is 1. The van der Waals surface area contributed by atoms with E-state index in [0.29, 0.717) is 5.75 Å². The molecule has 0 spiro atoms. The van der Waals surface area contributed by atoms with E-state index >= 15 is 0 Å². The van der Waals surface area contributed by atoms with E-state index < -0.39 is 0 Å². The number of hydrogen-bond donors (Lipinski definition) is 1. The fourth-order valence-electron chi connectivity index (χ4n) is 1.50. The summed E-state index contributed by atoms with van der Waals surface area (Å²) in [4.78, 5) is 13.6. The van der Waals surface area contributed by atoms with Gasteiger partial charge >= 0.3 is 0 Å². The van der Waals surface area contributed by atoms with E-state index in [4.69, 9.17) is 5.73 Å². The number of amides is 1. The molecule has 0 radical (unpaired) electrons. The normalized spacial score (nSPS) is 10.3. The van der Waals surface area contributed by atoms with Crippen molar-refractivity contribution in [2.24, 2.45) is 0 Å². The van der Waals surface area contributed by atoms with Gasteiger partial charge in [-0.3, -0.25) is 4.79 Å². The zero-order valence-electron chi connectivity index (χ0n) is 11.2. The van der Waals surface area contributed by atoms with Gasteiger partial charge in [0.2, 0.25) is 5.91 Å². The van der Waals surface area contributed by atoms with Gasteiger partial charge in [0.05, 0.1) is 5.75 Å². The van der Waals surface area contributed by atoms with Crippen molar-refractivity contribution >= 4 is 23.4 Å². The smallest absolute Gasteiger partial charge is 0.232 e. The number of thioether (sulfide) groups is 1. The van der Waals surface area contributed by atoms with Crippen molar-refractivity contribution in [1.29, 1.82) is 0 Å². The van der Waals surface area contributed by atoms with Crippen LogP contribution in [0.3, 0.4) is 0 Å². The van der Waals surface area contributed by atoms with E-state index in [2.05, 4.69) is 6.92 Å². The maximum atomic E-state index is 11.8. The molecular weight excluding hydrogens is 244 g/mol. The number of anilines is 1.